The molecule has 2 heterocycles. The van der Waals surface area contributed by atoms with E-state index < -0.39 is 32.4 Å². The molecule has 0 bridgehead atoms. The summed E-state index contributed by atoms with van der Waals surface area (Å²) in [6.07, 6.45) is 5.17. The molecule has 0 unspecified atom stereocenters. The van der Waals surface area contributed by atoms with E-state index in [2.05, 4.69) is 9.80 Å². The molecule has 0 amide bonds. The molecular weight excluding hydrogens is 546 g/mol. The van der Waals surface area contributed by atoms with E-state index in [0.717, 1.165) is 50.9 Å². The summed E-state index contributed by atoms with van der Waals surface area (Å²) in [5.41, 5.74) is 0.927. The third kappa shape index (κ3) is 7.00. The van der Waals surface area contributed by atoms with E-state index in [1.807, 2.05) is 6.07 Å². The van der Waals surface area contributed by atoms with Crippen molar-refractivity contribution in [3.8, 4) is 0 Å². The van der Waals surface area contributed by atoms with Gasteiger partial charge in [-0.15, -0.1) is 0 Å². The van der Waals surface area contributed by atoms with Gasteiger partial charge in [-0.25, -0.2) is 17.2 Å². The second kappa shape index (κ2) is 12.1. The van der Waals surface area contributed by atoms with Crippen LogP contribution in [0.2, 0.25) is 0 Å². The summed E-state index contributed by atoms with van der Waals surface area (Å²) in [5.74, 6) is -0.501. The van der Waals surface area contributed by atoms with Gasteiger partial charge in [-0.3, -0.25) is 9.69 Å². The molecule has 2 aliphatic heterocycles. The first-order chi connectivity index (χ1) is 19.4. The summed E-state index contributed by atoms with van der Waals surface area (Å²) in [6.45, 7) is 7.29. The Morgan fingerprint density at radius 1 is 0.976 bits per heavy atom. The summed E-state index contributed by atoms with van der Waals surface area (Å²) in [5, 5.41) is 10.0. The molecule has 3 atom stereocenters. The highest BCUT2D eigenvalue weighted by molar-refractivity contribution is 7.92. The van der Waals surface area contributed by atoms with Gasteiger partial charge >= 0.3 is 5.97 Å². The van der Waals surface area contributed by atoms with Crippen LogP contribution in [0.15, 0.2) is 53.4 Å². The number of carboxylic acid groups (broad SMARTS) is 1. The molecule has 3 fully saturated rings. The van der Waals surface area contributed by atoms with E-state index in [4.69, 9.17) is 0 Å². The number of carbonyl (C=O) groups is 1. The second-order valence-electron chi connectivity index (χ2n) is 13.1. The largest absolute Gasteiger partial charge is 0.480 e. The fraction of sp³-hybridized carbons (Fsp3) is 0.594. The lowest BCUT2D eigenvalue weighted by atomic mass is 9.86. The Balaban J connectivity index is 1.22. The third-order valence-corrected chi connectivity index (χ3v) is 12.1. The van der Waals surface area contributed by atoms with Gasteiger partial charge in [0.15, 0.2) is 9.84 Å². The van der Waals surface area contributed by atoms with Crippen molar-refractivity contribution in [2.24, 2.45) is 17.8 Å². The molecule has 1 aliphatic carbocycles. The number of sulfone groups is 1. The highest BCUT2D eigenvalue weighted by atomic mass is 32.2. The Morgan fingerprint density at radius 2 is 1.66 bits per heavy atom. The number of hydrogen-bond donors (Lipinski definition) is 1. The fourth-order valence-corrected chi connectivity index (χ4v) is 8.56. The van der Waals surface area contributed by atoms with Gasteiger partial charge in [0, 0.05) is 25.6 Å². The molecule has 1 saturated carbocycles. The molecule has 9 heteroatoms. The average molecular weight is 589 g/mol. The van der Waals surface area contributed by atoms with Gasteiger partial charge in [0.05, 0.1) is 9.64 Å². The molecule has 41 heavy (non-hydrogen) atoms. The van der Waals surface area contributed by atoms with Gasteiger partial charge in [0.25, 0.3) is 0 Å². The third-order valence-electron chi connectivity index (χ3n) is 9.56. The van der Waals surface area contributed by atoms with Gasteiger partial charge in [-0.1, -0.05) is 25.0 Å². The maximum atomic E-state index is 14.2. The number of hydrogen-bond acceptors (Lipinski definition) is 5. The molecule has 2 saturated heterocycles. The molecule has 1 N–H and O–H groups in total. The molecule has 224 valence electrons. The summed E-state index contributed by atoms with van der Waals surface area (Å²) >= 11 is 0. The van der Waals surface area contributed by atoms with Gasteiger partial charge in [-0.2, -0.15) is 0 Å². The minimum atomic E-state index is -3.62. The predicted octanol–water partition coefficient (Wildman–Crippen LogP) is 5.59. The summed E-state index contributed by atoms with van der Waals surface area (Å²) < 4.78 is 53.2. The van der Waals surface area contributed by atoms with Gasteiger partial charge in [0.1, 0.15) is 17.7 Å². The Hall–Kier alpha value is -2.36. The maximum Gasteiger partial charge on any atom is 0.320 e. The minimum Gasteiger partial charge on any atom is -0.480 e. The van der Waals surface area contributed by atoms with Crippen LogP contribution in [0.4, 0.5) is 8.78 Å². The summed E-state index contributed by atoms with van der Waals surface area (Å²) in [6, 6.07) is 11.3. The van der Waals surface area contributed by atoms with E-state index in [1.54, 1.807) is 26.0 Å². The van der Waals surface area contributed by atoms with Crippen molar-refractivity contribution in [2.45, 2.75) is 74.0 Å². The van der Waals surface area contributed by atoms with Crippen LogP contribution in [-0.4, -0.2) is 72.8 Å². The fourth-order valence-electron chi connectivity index (χ4n) is 6.98. The van der Waals surface area contributed by atoms with Gasteiger partial charge in [-0.05, 0) is 112 Å². The van der Waals surface area contributed by atoms with Crippen LogP contribution < -0.4 is 0 Å². The van der Waals surface area contributed by atoms with Crippen molar-refractivity contribution in [3.63, 3.8) is 0 Å². The number of rotatable bonds is 11. The number of halogens is 2. The minimum absolute atomic E-state index is 0.0595. The molecule has 5 rings (SSSR count). The van der Waals surface area contributed by atoms with Crippen LogP contribution in [0.3, 0.4) is 0 Å². The number of likely N-dealkylation sites (tertiary alicyclic amines) is 2. The van der Waals surface area contributed by atoms with E-state index in [1.165, 1.54) is 30.3 Å². The first-order valence-corrected chi connectivity index (χ1v) is 16.4. The lowest BCUT2D eigenvalue weighted by molar-refractivity contribution is -0.143. The Morgan fingerprint density at radius 3 is 2.27 bits per heavy atom. The SMILES string of the molecule is CC(C)(CC1CCN(C[C@H]2CN([C@H](CC3CC3)C(=O)O)C[C@@H]2c2cccc(F)c2)CC1)S(=O)(=O)c1ccc(F)cc1. The lowest BCUT2D eigenvalue weighted by Gasteiger charge is -2.37. The second-order valence-corrected chi connectivity index (χ2v) is 15.7. The maximum absolute atomic E-state index is 14.2. The number of nitrogens with zero attached hydrogens (tertiary/aromatic N) is 2. The average Bonchev–Trinajstić information content (AvgIpc) is 3.66. The molecule has 2 aromatic rings. The zero-order chi connectivity index (χ0) is 29.4. The van der Waals surface area contributed by atoms with Crippen molar-refractivity contribution in [3.05, 3.63) is 65.7 Å². The highest BCUT2D eigenvalue weighted by Gasteiger charge is 2.43. The van der Waals surface area contributed by atoms with E-state index in [0.29, 0.717) is 31.8 Å². The Labute approximate surface area is 242 Å². The molecule has 0 radical (unpaired) electrons. The summed E-state index contributed by atoms with van der Waals surface area (Å²) in [7, 11) is -3.62. The Kier molecular flexibility index (Phi) is 8.88. The van der Waals surface area contributed by atoms with Crippen molar-refractivity contribution in [1.29, 1.82) is 0 Å². The molecule has 2 aromatic carbocycles. The number of piperidine rings is 1. The van der Waals surface area contributed by atoms with Gasteiger partial charge < -0.3 is 10.0 Å². The number of carboxylic acids is 1. The molecule has 3 aliphatic rings. The van der Waals surface area contributed by atoms with Crippen molar-refractivity contribution < 1.29 is 27.1 Å². The quantitative estimate of drug-likeness (QED) is 0.345. The zero-order valence-electron chi connectivity index (χ0n) is 24.0. The zero-order valence-corrected chi connectivity index (χ0v) is 24.8. The Bertz CT molecular complexity index is 1320. The standard InChI is InChI=1S/C32H42F2N2O4S/c1-32(2,41(39,40)28-10-8-26(33)9-11-28)18-23-12-14-35(15-13-23)19-25-20-36(30(31(37)38)16-22-6-7-22)21-29(25)24-4-3-5-27(34)17-24/h3-5,8-11,17,22-23,25,29-30H,6-7,12-16,18-21H2,1-2H3,(H,37,38)/t25-,29+,30+/m0/s1. The van der Waals surface area contributed by atoms with E-state index in [-0.39, 0.29) is 28.5 Å². The van der Waals surface area contributed by atoms with Crippen molar-refractivity contribution in [2.75, 3.05) is 32.7 Å². The first kappa shape index (κ1) is 30.1. The van der Waals surface area contributed by atoms with Crippen LogP contribution in [0.1, 0.15) is 63.9 Å². The van der Waals surface area contributed by atoms with Crippen LogP contribution in [0.5, 0.6) is 0 Å². The van der Waals surface area contributed by atoms with E-state index >= 15 is 0 Å². The summed E-state index contributed by atoms with van der Waals surface area (Å²) in [4.78, 5) is 16.9. The van der Waals surface area contributed by atoms with Crippen LogP contribution in [0.25, 0.3) is 0 Å². The monoisotopic (exact) mass is 588 g/mol. The molecule has 0 spiro atoms. The topological polar surface area (TPSA) is 77.9 Å². The van der Waals surface area contributed by atoms with E-state index in [9.17, 15) is 27.1 Å². The molecular formula is C32H42F2N2O4S. The normalized spacial score (nSPS) is 24.0. The first-order valence-electron chi connectivity index (χ1n) is 14.9. The van der Waals surface area contributed by atoms with Crippen molar-refractivity contribution in [1.82, 2.24) is 9.80 Å². The smallest absolute Gasteiger partial charge is 0.320 e. The van der Waals surface area contributed by atoms with Gasteiger partial charge in [0.2, 0.25) is 0 Å². The molecule has 0 aromatic heterocycles. The highest BCUT2D eigenvalue weighted by Crippen LogP contribution is 2.40. The van der Waals surface area contributed by atoms with Crippen molar-refractivity contribution >= 4 is 15.8 Å². The van der Waals surface area contributed by atoms with Crippen LogP contribution in [0, 0.1) is 29.4 Å². The number of aliphatic carboxylic acids is 1. The molecule has 6 nitrogen and oxygen atoms in total. The lowest BCUT2D eigenvalue weighted by Crippen LogP contribution is -2.42. The predicted molar refractivity (Wildman–Crippen MR) is 154 cm³/mol. The van der Waals surface area contributed by atoms with Crippen LogP contribution in [-0.2, 0) is 14.6 Å². The number of benzene rings is 2. The van der Waals surface area contributed by atoms with Crippen LogP contribution >= 0.6 is 0 Å².